The number of rotatable bonds is 5. The van der Waals surface area contributed by atoms with Crippen LogP contribution in [0.3, 0.4) is 0 Å². The van der Waals surface area contributed by atoms with Gasteiger partial charge in [0.15, 0.2) is 0 Å². The molecule has 0 saturated heterocycles. The zero-order valence-corrected chi connectivity index (χ0v) is 13.6. The number of hydrogen-bond donors (Lipinski definition) is 2. The molecule has 0 atom stereocenters. The van der Waals surface area contributed by atoms with Crippen molar-refractivity contribution in [3.63, 3.8) is 0 Å². The van der Waals surface area contributed by atoms with Crippen LogP contribution in [0.1, 0.15) is 21.5 Å². The van der Waals surface area contributed by atoms with Crippen LogP contribution in [0, 0.1) is 0 Å². The number of urea groups is 1. The number of carbonyl (C=O) groups excluding carboxylic acids is 2. The summed E-state index contributed by atoms with van der Waals surface area (Å²) in [6, 6.07) is 14.3. The minimum Gasteiger partial charge on any atom is -0.457 e. The fraction of sp³-hybridized carbons (Fsp3) is 0.111. The number of hydrogen-bond acceptors (Lipinski definition) is 4. The Morgan fingerprint density at radius 2 is 1.83 bits per heavy atom. The molecule has 122 valence electrons. The maximum atomic E-state index is 12.1. The molecule has 3 rings (SSSR count). The van der Waals surface area contributed by atoms with Gasteiger partial charge in [0, 0.05) is 16.8 Å². The fourth-order valence-corrected chi connectivity index (χ4v) is 3.27. The van der Waals surface area contributed by atoms with Crippen molar-refractivity contribution in [1.82, 2.24) is 5.32 Å². The zero-order chi connectivity index (χ0) is 16.9. The molecule has 1 heterocycles. The second kappa shape index (κ2) is 7.14. The molecule has 0 saturated carbocycles. The molecule has 0 radical (unpaired) electrons. The van der Waals surface area contributed by atoms with E-state index < -0.39 is 6.03 Å². The Labute approximate surface area is 143 Å². The molecule has 0 spiro atoms. The second-order valence-corrected chi connectivity index (χ2v) is 6.16. The average molecular weight is 340 g/mol. The summed E-state index contributed by atoms with van der Waals surface area (Å²) < 4.78 is 6.57. The number of esters is 1. The molecule has 0 unspecified atom stereocenters. The van der Waals surface area contributed by atoms with Crippen molar-refractivity contribution >= 4 is 33.4 Å². The quantitative estimate of drug-likeness (QED) is 0.698. The zero-order valence-electron chi connectivity index (χ0n) is 12.8. The first-order chi connectivity index (χ1) is 11.6. The first-order valence-corrected chi connectivity index (χ1v) is 8.26. The normalized spacial score (nSPS) is 10.5. The summed E-state index contributed by atoms with van der Waals surface area (Å²) >= 11 is 1.64. The van der Waals surface area contributed by atoms with Gasteiger partial charge < -0.3 is 15.8 Å². The van der Waals surface area contributed by atoms with Gasteiger partial charge >= 0.3 is 12.0 Å². The molecule has 6 heteroatoms. The van der Waals surface area contributed by atoms with Gasteiger partial charge in [-0.1, -0.05) is 30.3 Å². The van der Waals surface area contributed by atoms with Gasteiger partial charge in [-0.3, -0.25) is 0 Å². The Balaban J connectivity index is 1.61. The van der Waals surface area contributed by atoms with Crippen LogP contribution < -0.4 is 11.1 Å². The lowest BCUT2D eigenvalue weighted by Gasteiger charge is -2.06. The second-order valence-electron chi connectivity index (χ2n) is 5.25. The SMILES string of the molecule is NC(=O)NCc1ccc(C(=O)OCc2csc3ccccc23)cc1. The van der Waals surface area contributed by atoms with Crippen LogP contribution in [0.5, 0.6) is 0 Å². The van der Waals surface area contributed by atoms with Gasteiger partial charge in [-0.25, -0.2) is 9.59 Å². The minimum atomic E-state index is -0.582. The van der Waals surface area contributed by atoms with Crippen LogP contribution in [-0.2, 0) is 17.9 Å². The summed E-state index contributed by atoms with van der Waals surface area (Å²) in [5, 5.41) is 5.62. The molecule has 0 aliphatic carbocycles. The van der Waals surface area contributed by atoms with Crippen molar-refractivity contribution in [1.29, 1.82) is 0 Å². The van der Waals surface area contributed by atoms with Gasteiger partial charge in [-0.2, -0.15) is 0 Å². The molecule has 0 aliphatic heterocycles. The Morgan fingerprint density at radius 1 is 1.08 bits per heavy atom. The van der Waals surface area contributed by atoms with Crippen LogP contribution in [0.15, 0.2) is 53.9 Å². The highest BCUT2D eigenvalue weighted by molar-refractivity contribution is 7.17. The number of benzene rings is 2. The number of nitrogens with one attached hydrogen (secondary N) is 1. The van der Waals surface area contributed by atoms with E-state index in [9.17, 15) is 9.59 Å². The van der Waals surface area contributed by atoms with E-state index in [0.717, 1.165) is 16.5 Å². The number of carbonyl (C=O) groups is 2. The topological polar surface area (TPSA) is 81.4 Å². The molecule has 0 fully saturated rings. The van der Waals surface area contributed by atoms with Crippen LogP contribution in [0.4, 0.5) is 4.79 Å². The first kappa shape index (κ1) is 16.0. The molecule has 5 nitrogen and oxygen atoms in total. The standard InChI is InChI=1S/C18H16N2O3S/c19-18(22)20-9-12-5-7-13(8-6-12)17(21)23-10-14-11-24-16-4-2-1-3-15(14)16/h1-8,11H,9-10H2,(H3,19,20,22). The highest BCUT2D eigenvalue weighted by Gasteiger charge is 2.10. The van der Waals surface area contributed by atoms with Crippen molar-refractivity contribution in [3.8, 4) is 0 Å². The van der Waals surface area contributed by atoms with E-state index in [1.807, 2.05) is 29.6 Å². The molecule has 3 N–H and O–H groups in total. The van der Waals surface area contributed by atoms with Crippen LogP contribution >= 0.6 is 11.3 Å². The van der Waals surface area contributed by atoms with E-state index in [1.54, 1.807) is 35.6 Å². The van der Waals surface area contributed by atoms with E-state index in [4.69, 9.17) is 10.5 Å². The van der Waals surface area contributed by atoms with E-state index >= 15 is 0 Å². The molecule has 1 aromatic heterocycles. The maximum absolute atomic E-state index is 12.1. The Hall–Kier alpha value is -2.86. The number of ether oxygens (including phenoxy) is 1. The van der Waals surface area contributed by atoms with Crippen molar-refractivity contribution < 1.29 is 14.3 Å². The molecule has 2 amide bonds. The van der Waals surface area contributed by atoms with E-state index in [1.165, 1.54) is 4.70 Å². The molecule has 24 heavy (non-hydrogen) atoms. The molecule has 0 aliphatic rings. The number of amides is 2. The molecule has 0 bridgehead atoms. The average Bonchev–Trinajstić information content (AvgIpc) is 3.01. The van der Waals surface area contributed by atoms with Gasteiger partial charge in [0.2, 0.25) is 0 Å². The number of nitrogens with two attached hydrogens (primary N) is 1. The third-order valence-corrected chi connectivity index (χ3v) is 4.59. The van der Waals surface area contributed by atoms with Gasteiger partial charge in [0.05, 0.1) is 5.56 Å². The Morgan fingerprint density at radius 3 is 2.58 bits per heavy atom. The van der Waals surface area contributed by atoms with Crippen molar-refractivity contribution in [3.05, 3.63) is 70.6 Å². The summed E-state index contributed by atoms with van der Waals surface area (Å²) in [6.07, 6.45) is 0. The Bertz CT molecular complexity index is 871. The largest absolute Gasteiger partial charge is 0.457 e. The van der Waals surface area contributed by atoms with Gasteiger partial charge in [-0.15, -0.1) is 11.3 Å². The van der Waals surface area contributed by atoms with Crippen LogP contribution in [-0.4, -0.2) is 12.0 Å². The molecule has 2 aromatic carbocycles. The van der Waals surface area contributed by atoms with Gasteiger partial charge in [0.1, 0.15) is 6.61 Å². The summed E-state index contributed by atoms with van der Waals surface area (Å²) in [5.74, 6) is -0.375. The number of thiophene rings is 1. The van der Waals surface area contributed by atoms with E-state index in [0.29, 0.717) is 12.1 Å². The minimum absolute atomic E-state index is 0.244. The number of fused-ring (bicyclic) bond motifs is 1. The first-order valence-electron chi connectivity index (χ1n) is 7.38. The lowest BCUT2D eigenvalue weighted by molar-refractivity contribution is 0.0474. The molecule has 3 aromatic rings. The molecular formula is C18H16N2O3S. The summed E-state index contributed by atoms with van der Waals surface area (Å²) in [7, 11) is 0. The monoisotopic (exact) mass is 340 g/mol. The summed E-state index contributed by atoms with van der Waals surface area (Å²) in [6.45, 7) is 0.569. The van der Waals surface area contributed by atoms with Crippen molar-refractivity contribution in [2.75, 3.05) is 0 Å². The van der Waals surface area contributed by atoms with E-state index in [2.05, 4.69) is 5.32 Å². The summed E-state index contributed by atoms with van der Waals surface area (Å²) in [4.78, 5) is 22.8. The van der Waals surface area contributed by atoms with Gasteiger partial charge in [-0.05, 0) is 34.5 Å². The van der Waals surface area contributed by atoms with Crippen molar-refractivity contribution in [2.24, 2.45) is 5.73 Å². The smallest absolute Gasteiger partial charge is 0.338 e. The lowest BCUT2D eigenvalue weighted by atomic mass is 10.1. The van der Waals surface area contributed by atoms with E-state index in [-0.39, 0.29) is 12.6 Å². The third-order valence-electron chi connectivity index (χ3n) is 3.58. The third kappa shape index (κ3) is 3.72. The Kier molecular flexibility index (Phi) is 4.77. The lowest BCUT2D eigenvalue weighted by Crippen LogP contribution is -2.28. The van der Waals surface area contributed by atoms with Crippen LogP contribution in [0.2, 0.25) is 0 Å². The summed E-state index contributed by atoms with van der Waals surface area (Å²) in [5.41, 5.74) is 7.35. The van der Waals surface area contributed by atoms with Gasteiger partial charge in [0.25, 0.3) is 0 Å². The molecular weight excluding hydrogens is 324 g/mol. The predicted molar refractivity (Wildman–Crippen MR) is 93.8 cm³/mol. The fourth-order valence-electron chi connectivity index (χ4n) is 2.32. The van der Waals surface area contributed by atoms with Crippen molar-refractivity contribution in [2.45, 2.75) is 13.2 Å². The van der Waals surface area contributed by atoms with Crippen LogP contribution in [0.25, 0.3) is 10.1 Å². The predicted octanol–water partition coefficient (Wildman–Crippen LogP) is 3.43. The highest BCUT2D eigenvalue weighted by Crippen LogP contribution is 2.26. The highest BCUT2D eigenvalue weighted by atomic mass is 32.1. The number of primary amides is 1. The maximum Gasteiger partial charge on any atom is 0.338 e.